The predicted molar refractivity (Wildman–Crippen MR) is 102 cm³/mol. The minimum atomic E-state index is -0.450. The van der Waals surface area contributed by atoms with Crippen molar-refractivity contribution in [3.8, 4) is 11.8 Å². The van der Waals surface area contributed by atoms with Gasteiger partial charge in [-0.2, -0.15) is 5.26 Å². The van der Waals surface area contributed by atoms with E-state index in [2.05, 4.69) is 35.5 Å². The fourth-order valence-corrected chi connectivity index (χ4v) is 5.03. The van der Waals surface area contributed by atoms with E-state index in [1.165, 1.54) is 32.1 Å². The molecule has 1 aromatic heterocycles. The van der Waals surface area contributed by atoms with Crippen LogP contribution in [0.3, 0.4) is 0 Å². The molecule has 0 spiro atoms. The maximum Gasteiger partial charge on any atom is 0.0991 e. The number of hydrogen-bond acceptors (Lipinski definition) is 3. The molecule has 2 aliphatic heterocycles. The van der Waals surface area contributed by atoms with Crippen LogP contribution in [0, 0.1) is 25.2 Å². The third-order valence-corrected chi connectivity index (χ3v) is 6.31. The van der Waals surface area contributed by atoms with Crippen LogP contribution < -0.4 is 0 Å². The topological polar surface area (TPSA) is 52.2 Å². The number of hydrogen-bond donors (Lipinski definition) is 1. The minimum Gasteiger partial charge on any atom is -0.387 e. The lowest BCUT2D eigenvalue weighted by atomic mass is 10.0. The number of nitrogens with zero attached hydrogens (tertiary/aromatic N) is 3. The number of aliphatic hydroxyl groups excluding tert-OH is 1. The van der Waals surface area contributed by atoms with Gasteiger partial charge in [0.25, 0.3) is 0 Å². The van der Waals surface area contributed by atoms with Crippen LogP contribution in [0.25, 0.3) is 5.69 Å². The Bertz CT molecular complexity index is 814. The van der Waals surface area contributed by atoms with Gasteiger partial charge in [0, 0.05) is 41.3 Å². The zero-order valence-electron chi connectivity index (χ0n) is 15.7. The summed E-state index contributed by atoms with van der Waals surface area (Å²) in [5.74, 6) is 0. The summed E-state index contributed by atoms with van der Waals surface area (Å²) >= 11 is 0. The second kappa shape index (κ2) is 6.90. The molecule has 3 unspecified atom stereocenters. The Labute approximate surface area is 155 Å². The van der Waals surface area contributed by atoms with Gasteiger partial charge < -0.3 is 9.67 Å². The van der Waals surface area contributed by atoms with Gasteiger partial charge in [-0.15, -0.1) is 0 Å². The highest BCUT2D eigenvalue weighted by molar-refractivity contribution is 5.45. The first kappa shape index (κ1) is 17.3. The lowest BCUT2D eigenvalue weighted by Crippen LogP contribution is -2.42. The highest BCUT2D eigenvalue weighted by atomic mass is 16.3. The smallest absolute Gasteiger partial charge is 0.0991 e. The molecule has 4 heteroatoms. The van der Waals surface area contributed by atoms with Gasteiger partial charge in [-0.3, -0.25) is 4.90 Å². The van der Waals surface area contributed by atoms with Crippen LogP contribution in [0.4, 0.5) is 0 Å². The van der Waals surface area contributed by atoms with Crippen molar-refractivity contribution >= 4 is 0 Å². The third kappa shape index (κ3) is 2.96. The molecule has 0 radical (unpaired) electrons. The molecule has 1 aromatic carbocycles. The molecule has 3 heterocycles. The molecule has 4 rings (SSSR count). The number of aromatic nitrogens is 1. The van der Waals surface area contributed by atoms with Crippen LogP contribution in [0.1, 0.15) is 60.7 Å². The number of nitriles is 1. The molecule has 4 nitrogen and oxygen atoms in total. The van der Waals surface area contributed by atoms with Crippen molar-refractivity contribution in [2.75, 3.05) is 6.54 Å². The SMILES string of the molecule is Cc1cc(C(O)CN2C3CCCC2CC3)c(C)n1-c1ccc(C#N)cc1. The monoisotopic (exact) mass is 349 g/mol. The first-order chi connectivity index (χ1) is 12.6. The molecule has 0 saturated carbocycles. The quantitative estimate of drug-likeness (QED) is 0.907. The standard InChI is InChI=1S/C22H27N3O/c1-15-12-21(16(2)25(15)20-8-6-17(13-23)7-9-20)22(26)14-24-18-4-3-5-19(24)11-10-18/h6-9,12,18-19,22,26H,3-5,10-11,14H2,1-2H3. The number of piperidine rings is 1. The van der Waals surface area contributed by atoms with E-state index in [9.17, 15) is 5.11 Å². The van der Waals surface area contributed by atoms with Gasteiger partial charge in [-0.05, 0) is 69.9 Å². The van der Waals surface area contributed by atoms with E-state index in [0.29, 0.717) is 17.6 Å². The van der Waals surface area contributed by atoms with E-state index < -0.39 is 6.10 Å². The summed E-state index contributed by atoms with van der Waals surface area (Å²) in [6.07, 6.45) is 6.05. The molecule has 1 N–H and O–H groups in total. The summed E-state index contributed by atoms with van der Waals surface area (Å²) in [5, 5.41) is 20.0. The largest absolute Gasteiger partial charge is 0.387 e. The van der Waals surface area contributed by atoms with E-state index in [1.807, 2.05) is 24.3 Å². The van der Waals surface area contributed by atoms with Crippen molar-refractivity contribution in [3.05, 3.63) is 52.8 Å². The lowest BCUT2D eigenvalue weighted by Gasteiger charge is -2.36. The van der Waals surface area contributed by atoms with Crippen molar-refractivity contribution in [3.63, 3.8) is 0 Å². The highest BCUT2D eigenvalue weighted by Gasteiger charge is 2.37. The van der Waals surface area contributed by atoms with Crippen LogP contribution in [0.5, 0.6) is 0 Å². The number of aryl methyl sites for hydroxylation is 1. The Morgan fingerprint density at radius 3 is 2.38 bits per heavy atom. The van der Waals surface area contributed by atoms with E-state index >= 15 is 0 Å². The van der Waals surface area contributed by atoms with Crippen molar-refractivity contribution in [1.82, 2.24) is 9.47 Å². The van der Waals surface area contributed by atoms with Crippen LogP contribution in [0.2, 0.25) is 0 Å². The van der Waals surface area contributed by atoms with E-state index in [4.69, 9.17) is 5.26 Å². The zero-order valence-corrected chi connectivity index (χ0v) is 15.7. The second-order valence-electron chi connectivity index (χ2n) is 7.85. The average molecular weight is 349 g/mol. The number of benzene rings is 1. The fraction of sp³-hybridized carbons (Fsp3) is 0.500. The summed E-state index contributed by atoms with van der Waals surface area (Å²) in [7, 11) is 0. The Balaban J connectivity index is 1.58. The van der Waals surface area contributed by atoms with E-state index in [1.54, 1.807) is 0 Å². The molecule has 2 aliphatic rings. The maximum absolute atomic E-state index is 11.0. The Kier molecular flexibility index (Phi) is 4.60. The molecular weight excluding hydrogens is 322 g/mol. The molecule has 0 aliphatic carbocycles. The molecule has 2 aromatic rings. The van der Waals surface area contributed by atoms with Gasteiger partial charge in [-0.1, -0.05) is 6.42 Å². The van der Waals surface area contributed by atoms with Gasteiger partial charge >= 0.3 is 0 Å². The van der Waals surface area contributed by atoms with Crippen molar-refractivity contribution in [2.24, 2.45) is 0 Å². The zero-order chi connectivity index (χ0) is 18.3. The molecule has 26 heavy (non-hydrogen) atoms. The number of rotatable bonds is 4. The van der Waals surface area contributed by atoms with E-state index in [0.717, 1.165) is 29.2 Å². The molecule has 2 saturated heterocycles. The molecule has 3 atom stereocenters. The maximum atomic E-state index is 11.0. The highest BCUT2D eigenvalue weighted by Crippen LogP contribution is 2.37. The van der Waals surface area contributed by atoms with Crippen LogP contribution in [0.15, 0.2) is 30.3 Å². The first-order valence-electron chi connectivity index (χ1n) is 9.71. The van der Waals surface area contributed by atoms with Crippen LogP contribution >= 0.6 is 0 Å². The molecule has 0 amide bonds. The predicted octanol–water partition coefficient (Wildman–Crippen LogP) is 4.02. The second-order valence-corrected chi connectivity index (χ2v) is 7.85. The van der Waals surface area contributed by atoms with Gasteiger partial charge in [0.05, 0.1) is 17.7 Å². The van der Waals surface area contributed by atoms with Gasteiger partial charge in [-0.25, -0.2) is 0 Å². The average Bonchev–Trinajstić information content (AvgIpc) is 3.05. The summed E-state index contributed by atoms with van der Waals surface area (Å²) in [5.41, 5.74) is 4.93. The molecule has 2 fully saturated rings. The molecular formula is C22H27N3O. The number of aliphatic hydroxyl groups is 1. The van der Waals surface area contributed by atoms with Gasteiger partial charge in [0.1, 0.15) is 0 Å². The lowest BCUT2D eigenvalue weighted by molar-refractivity contribution is 0.0617. The summed E-state index contributed by atoms with van der Waals surface area (Å²) in [4.78, 5) is 2.56. The van der Waals surface area contributed by atoms with Gasteiger partial charge in [0.2, 0.25) is 0 Å². The Morgan fingerprint density at radius 2 is 1.77 bits per heavy atom. The van der Waals surface area contributed by atoms with Crippen molar-refractivity contribution < 1.29 is 5.11 Å². The van der Waals surface area contributed by atoms with Crippen molar-refractivity contribution in [1.29, 1.82) is 5.26 Å². The normalized spacial score (nSPS) is 23.8. The summed E-state index contributed by atoms with van der Waals surface area (Å²) in [6, 6.07) is 13.3. The summed E-state index contributed by atoms with van der Waals surface area (Å²) < 4.78 is 2.17. The van der Waals surface area contributed by atoms with Crippen LogP contribution in [-0.4, -0.2) is 33.2 Å². The Morgan fingerprint density at radius 1 is 1.12 bits per heavy atom. The first-order valence-corrected chi connectivity index (χ1v) is 9.71. The fourth-order valence-electron chi connectivity index (χ4n) is 5.03. The van der Waals surface area contributed by atoms with Crippen molar-refractivity contribution in [2.45, 2.75) is 64.1 Å². The van der Waals surface area contributed by atoms with Gasteiger partial charge in [0.15, 0.2) is 0 Å². The third-order valence-electron chi connectivity index (χ3n) is 6.31. The number of fused-ring (bicyclic) bond motifs is 2. The molecule has 136 valence electrons. The minimum absolute atomic E-state index is 0.450. The van der Waals surface area contributed by atoms with Crippen LogP contribution in [-0.2, 0) is 0 Å². The molecule has 2 bridgehead atoms. The Hall–Kier alpha value is -2.09. The van der Waals surface area contributed by atoms with E-state index in [-0.39, 0.29) is 0 Å². The summed E-state index contributed by atoms with van der Waals surface area (Å²) in [6.45, 7) is 4.90.